The van der Waals surface area contributed by atoms with E-state index >= 15 is 0 Å². The van der Waals surface area contributed by atoms with Crippen LogP contribution in [0.15, 0.2) is 48.5 Å². The summed E-state index contributed by atoms with van der Waals surface area (Å²) in [4.78, 5) is 37.0. The zero-order chi connectivity index (χ0) is 21.9. The highest BCUT2D eigenvalue weighted by atomic mass is 16.5. The minimum atomic E-state index is -0.795. The van der Waals surface area contributed by atoms with Crippen molar-refractivity contribution in [2.75, 3.05) is 31.6 Å². The fraction of sp³-hybridized carbons (Fsp3) is 0.318. The van der Waals surface area contributed by atoms with Gasteiger partial charge in [0.2, 0.25) is 11.8 Å². The second-order valence-electron chi connectivity index (χ2n) is 6.56. The van der Waals surface area contributed by atoms with Gasteiger partial charge in [0.1, 0.15) is 11.5 Å². The summed E-state index contributed by atoms with van der Waals surface area (Å²) in [5.41, 5.74) is 1.77. The first kappa shape index (κ1) is 22.9. The van der Waals surface area contributed by atoms with Crippen LogP contribution in [0.5, 0.6) is 11.5 Å². The number of nitrogens with zero attached hydrogens (tertiary/aromatic N) is 1. The number of imide groups is 1. The normalized spacial score (nSPS) is 10.4. The van der Waals surface area contributed by atoms with Crippen molar-refractivity contribution >= 4 is 23.6 Å². The average Bonchev–Trinajstić information content (AvgIpc) is 2.70. The second-order valence-corrected chi connectivity index (χ2v) is 6.56. The fourth-order valence-electron chi connectivity index (χ4n) is 2.56. The van der Waals surface area contributed by atoms with Gasteiger partial charge in [-0.3, -0.25) is 19.8 Å². The molecule has 3 amide bonds. The van der Waals surface area contributed by atoms with E-state index in [1.807, 2.05) is 38.1 Å². The maximum absolute atomic E-state index is 12.3. The summed E-state index contributed by atoms with van der Waals surface area (Å²) >= 11 is 0. The maximum Gasteiger partial charge on any atom is 0.413 e. The van der Waals surface area contributed by atoms with Crippen molar-refractivity contribution in [1.29, 1.82) is 0 Å². The standard InChI is InChI=1S/C22H27N3O5/c1-4-25(15-21(27)24-22(28)29-5-2)14-20(26)23-17-8-12-19(13-9-17)30-18-10-6-16(3)7-11-18/h6-13H,4-5,14-15H2,1-3H3,(H,23,26)(H,24,27,28). The highest BCUT2D eigenvalue weighted by Gasteiger charge is 2.15. The van der Waals surface area contributed by atoms with E-state index in [4.69, 9.17) is 4.74 Å². The molecule has 0 aliphatic rings. The van der Waals surface area contributed by atoms with E-state index in [0.29, 0.717) is 18.0 Å². The van der Waals surface area contributed by atoms with Crippen molar-refractivity contribution in [3.05, 3.63) is 54.1 Å². The largest absolute Gasteiger partial charge is 0.457 e. The van der Waals surface area contributed by atoms with Crippen molar-refractivity contribution in [2.45, 2.75) is 20.8 Å². The SMILES string of the molecule is CCOC(=O)NC(=O)CN(CC)CC(=O)Nc1ccc(Oc2ccc(C)cc2)cc1. The Morgan fingerprint density at radius 2 is 1.43 bits per heavy atom. The van der Waals surface area contributed by atoms with Crippen LogP contribution in [0.1, 0.15) is 19.4 Å². The van der Waals surface area contributed by atoms with Crippen LogP contribution < -0.4 is 15.4 Å². The summed E-state index contributed by atoms with van der Waals surface area (Å²) in [5, 5.41) is 4.89. The first-order chi connectivity index (χ1) is 14.4. The molecule has 160 valence electrons. The van der Waals surface area contributed by atoms with E-state index in [1.54, 1.807) is 36.1 Å². The molecular formula is C22H27N3O5. The zero-order valence-electron chi connectivity index (χ0n) is 17.4. The summed E-state index contributed by atoms with van der Waals surface area (Å²) in [6, 6.07) is 14.7. The van der Waals surface area contributed by atoms with Gasteiger partial charge in [-0.2, -0.15) is 0 Å². The molecule has 2 rings (SSSR count). The molecule has 0 unspecified atom stereocenters. The number of hydrogen-bond acceptors (Lipinski definition) is 6. The number of alkyl carbamates (subject to hydrolysis) is 1. The van der Waals surface area contributed by atoms with Gasteiger partial charge in [-0.1, -0.05) is 24.6 Å². The maximum atomic E-state index is 12.3. The Balaban J connectivity index is 1.83. The number of anilines is 1. The van der Waals surface area contributed by atoms with Crippen molar-refractivity contribution < 1.29 is 23.9 Å². The van der Waals surface area contributed by atoms with Crippen LogP contribution in [0.25, 0.3) is 0 Å². The van der Waals surface area contributed by atoms with Gasteiger partial charge < -0.3 is 14.8 Å². The number of likely N-dealkylation sites (N-methyl/N-ethyl adjacent to an activating group) is 1. The van der Waals surface area contributed by atoms with Crippen LogP contribution in [0.2, 0.25) is 0 Å². The van der Waals surface area contributed by atoms with Crippen LogP contribution in [0.3, 0.4) is 0 Å². The smallest absolute Gasteiger partial charge is 0.413 e. The Hall–Kier alpha value is -3.39. The van der Waals surface area contributed by atoms with E-state index in [9.17, 15) is 14.4 Å². The molecule has 2 aromatic carbocycles. The Morgan fingerprint density at radius 3 is 2.00 bits per heavy atom. The lowest BCUT2D eigenvalue weighted by Crippen LogP contribution is -2.43. The van der Waals surface area contributed by atoms with E-state index in [-0.39, 0.29) is 25.6 Å². The van der Waals surface area contributed by atoms with Crippen LogP contribution in [-0.4, -0.2) is 49.0 Å². The minimum absolute atomic E-state index is 0.00830. The third-order valence-electron chi connectivity index (χ3n) is 4.09. The van der Waals surface area contributed by atoms with Crippen molar-refractivity contribution in [3.63, 3.8) is 0 Å². The highest BCUT2D eigenvalue weighted by Crippen LogP contribution is 2.23. The monoisotopic (exact) mass is 413 g/mol. The first-order valence-corrected chi connectivity index (χ1v) is 9.73. The minimum Gasteiger partial charge on any atom is -0.457 e. The number of benzene rings is 2. The third kappa shape index (κ3) is 7.92. The summed E-state index contributed by atoms with van der Waals surface area (Å²) in [5.74, 6) is 0.591. The average molecular weight is 413 g/mol. The van der Waals surface area contributed by atoms with E-state index in [1.165, 1.54) is 0 Å². The number of carbonyl (C=O) groups excluding carboxylic acids is 3. The Labute approximate surface area is 176 Å². The summed E-state index contributed by atoms with van der Waals surface area (Å²) in [7, 11) is 0. The molecule has 0 saturated carbocycles. The predicted octanol–water partition coefficient (Wildman–Crippen LogP) is 3.32. The van der Waals surface area contributed by atoms with Crippen LogP contribution in [0.4, 0.5) is 10.5 Å². The van der Waals surface area contributed by atoms with Crippen LogP contribution in [0, 0.1) is 6.92 Å². The van der Waals surface area contributed by atoms with E-state index in [0.717, 1.165) is 11.3 Å². The van der Waals surface area contributed by atoms with Crippen LogP contribution >= 0.6 is 0 Å². The van der Waals surface area contributed by atoms with Gasteiger partial charge in [-0.25, -0.2) is 4.79 Å². The molecule has 0 aliphatic heterocycles. The predicted molar refractivity (Wildman–Crippen MR) is 114 cm³/mol. The van der Waals surface area contributed by atoms with Crippen molar-refractivity contribution in [3.8, 4) is 11.5 Å². The number of nitrogens with one attached hydrogen (secondary N) is 2. The zero-order valence-corrected chi connectivity index (χ0v) is 17.4. The molecule has 8 nitrogen and oxygen atoms in total. The molecular weight excluding hydrogens is 386 g/mol. The highest BCUT2D eigenvalue weighted by molar-refractivity contribution is 5.94. The van der Waals surface area contributed by atoms with Gasteiger partial charge in [0, 0.05) is 5.69 Å². The Bertz CT molecular complexity index is 850. The molecule has 2 N–H and O–H groups in total. The first-order valence-electron chi connectivity index (χ1n) is 9.73. The lowest BCUT2D eigenvalue weighted by molar-refractivity contribution is -0.122. The van der Waals surface area contributed by atoms with E-state index in [2.05, 4.69) is 15.4 Å². The molecule has 0 bridgehead atoms. The fourth-order valence-corrected chi connectivity index (χ4v) is 2.56. The summed E-state index contributed by atoms with van der Waals surface area (Å²) in [6.45, 7) is 6.03. The molecule has 0 atom stereocenters. The van der Waals surface area contributed by atoms with Gasteiger partial charge in [0.25, 0.3) is 0 Å². The molecule has 0 radical (unpaired) electrons. The molecule has 0 saturated heterocycles. The molecule has 0 aliphatic carbocycles. The van der Waals surface area contributed by atoms with Gasteiger partial charge in [0.05, 0.1) is 19.7 Å². The number of amides is 3. The number of rotatable bonds is 9. The van der Waals surface area contributed by atoms with Crippen molar-refractivity contribution in [2.24, 2.45) is 0 Å². The molecule has 30 heavy (non-hydrogen) atoms. The van der Waals surface area contributed by atoms with Gasteiger partial charge in [-0.15, -0.1) is 0 Å². The molecule has 0 spiro atoms. The lowest BCUT2D eigenvalue weighted by Gasteiger charge is -2.19. The second kappa shape index (κ2) is 11.6. The van der Waals surface area contributed by atoms with E-state index < -0.39 is 12.0 Å². The quantitative estimate of drug-likeness (QED) is 0.655. The molecule has 8 heteroatoms. The molecule has 0 heterocycles. The van der Waals surface area contributed by atoms with Gasteiger partial charge in [-0.05, 0) is 56.8 Å². The summed E-state index contributed by atoms with van der Waals surface area (Å²) < 4.78 is 10.4. The van der Waals surface area contributed by atoms with Crippen LogP contribution in [-0.2, 0) is 14.3 Å². The molecule has 0 aromatic heterocycles. The molecule has 2 aromatic rings. The number of ether oxygens (including phenoxy) is 2. The lowest BCUT2D eigenvalue weighted by atomic mass is 10.2. The number of aryl methyl sites for hydroxylation is 1. The molecule has 0 fully saturated rings. The third-order valence-corrected chi connectivity index (χ3v) is 4.09. The topological polar surface area (TPSA) is 97.0 Å². The Kier molecular flexibility index (Phi) is 8.83. The van der Waals surface area contributed by atoms with Gasteiger partial charge in [0.15, 0.2) is 0 Å². The Morgan fingerprint density at radius 1 is 0.867 bits per heavy atom. The van der Waals surface area contributed by atoms with Gasteiger partial charge >= 0.3 is 6.09 Å². The number of carbonyl (C=O) groups is 3. The summed E-state index contributed by atoms with van der Waals surface area (Å²) in [6.07, 6.45) is -0.795. The number of hydrogen-bond donors (Lipinski definition) is 2. The van der Waals surface area contributed by atoms with Crippen molar-refractivity contribution in [1.82, 2.24) is 10.2 Å².